The minimum absolute atomic E-state index is 1.22. The summed E-state index contributed by atoms with van der Waals surface area (Å²) in [6, 6.07) is 10.4. The van der Waals surface area contributed by atoms with Crippen LogP contribution in [0.3, 0.4) is 0 Å². The second-order valence-corrected chi connectivity index (χ2v) is 9.20. The molecule has 0 spiro atoms. The Labute approximate surface area is 124 Å². The third-order valence-corrected chi connectivity index (χ3v) is 7.36. The molecule has 0 N–H and O–H groups in total. The maximum atomic E-state index is 2.31. The Morgan fingerprint density at radius 2 is 1.25 bits per heavy atom. The van der Waals surface area contributed by atoms with E-state index in [4.69, 9.17) is 0 Å². The Kier molecular flexibility index (Phi) is 6.57. The molecule has 0 saturated heterocycles. The summed E-state index contributed by atoms with van der Waals surface area (Å²) in [6.45, 7) is 0. The minimum Gasteiger partial charge on any atom is -0.151 e. The highest BCUT2D eigenvalue weighted by molar-refractivity contribution is 7.71. The quantitative estimate of drug-likeness (QED) is 0.585. The van der Waals surface area contributed by atoms with Crippen molar-refractivity contribution in [3.63, 3.8) is 0 Å². The van der Waals surface area contributed by atoms with Crippen LogP contribution in [0, 0.1) is 0 Å². The lowest BCUT2D eigenvalue weighted by molar-refractivity contribution is 0.472. The van der Waals surface area contributed by atoms with Crippen LogP contribution in [0.25, 0.3) is 6.08 Å². The van der Waals surface area contributed by atoms with E-state index in [0.717, 1.165) is 0 Å². The van der Waals surface area contributed by atoms with Crippen LogP contribution in [0.5, 0.6) is 0 Å². The zero-order valence-corrected chi connectivity index (χ0v) is 14.4. The van der Waals surface area contributed by atoms with Gasteiger partial charge in [0, 0.05) is 42.3 Å². The molecule has 4 heteroatoms. The van der Waals surface area contributed by atoms with Gasteiger partial charge in [-0.1, -0.05) is 42.5 Å². The fraction of sp³-hybridized carbons (Fsp3) is 0.375. The van der Waals surface area contributed by atoms with E-state index >= 15 is 0 Å². The molecule has 0 aliphatic carbocycles. The topological polar surface area (TPSA) is 9.72 Å². The van der Waals surface area contributed by atoms with Crippen LogP contribution in [0.1, 0.15) is 5.56 Å². The molecule has 0 radical (unpaired) electrons. The highest BCUT2D eigenvalue weighted by Crippen LogP contribution is 2.64. The molecule has 1 aromatic carbocycles. The molecule has 0 fully saturated rings. The lowest BCUT2D eigenvalue weighted by Gasteiger charge is -2.37. The van der Waals surface area contributed by atoms with E-state index < -0.39 is 7.71 Å². The number of hydrogen-bond acceptors (Lipinski definition) is 3. The van der Waals surface area contributed by atoms with Crippen LogP contribution < -0.4 is 0 Å². The van der Waals surface area contributed by atoms with Crippen molar-refractivity contribution in [2.24, 2.45) is 0 Å². The van der Waals surface area contributed by atoms with Gasteiger partial charge in [0.2, 0.25) is 0 Å². The summed E-state index contributed by atoms with van der Waals surface area (Å²) in [6.07, 6.45) is 6.40. The number of rotatable bonds is 6. The molecule has 0 atom stereocenters. The monoisotopic (exact) mass is 292 g/mol. The molecular formula is C16H27N3P+. The van der Waals surface area contributed by atoms with E-state index in [1.165, 1.54) is 5.56 Å². The number of benzene rings is 1. The predicted molar refractivity (Wildman–Crippen MR) is 92.6 cm³/mol. The molecule has 0 unspecified atom stereocenters. The summed E-state index contributed by atoms with van der Waals surface area (Å²) in [4.78, 5) is 0. The van der Waals surface area contributed by atoms with Gasteiger partial charge >= 0.3 is 0 Å². The average Bonchev–Trinajstić information content (AvgIpc) is 2.38. The zero-order valence-electron chi connectivity index (χ0n) is 13.5. The second kappa shape index (κ2) is 7.70. The molecule has 0 aliphatic heterocycles. The first-order valence-corrected chi connectivity index (χ1v) is 8.46. The molecular weight excluding hydrogens is 265 g/mol. The van der Waals surface area contributed by atoms with Crippen molar-refractivity contribution in [1.82, 2.24) is 14.0 Å². The normalized spacial score (nSPS) is 13.4. The van der Waals surface area contributed by atoms with Gasteiger partial charge in [-0.15, -0.1) is 0 Å². The van der Waals surface area contributed by atoms with E-state index in [2.05, 4.69) is 105 Å². The predicted octanol–water partition coefficient (Wildman–Crippen LogP) is 3.66. The number of nitrogens with zero attached hydrogens (tertiary/aromatic N) is 3. The van der Waals surface area contributed by atoms with Crippen LogP contribution in [-0.4, -0.2) is 56.3 Å². The molecule has 0 aromatic heterocycles. The van der Waals surface area contributed by atoms with Gasteiger partial charge in [0.15, 0.2) is 0 Å². The van der Waals surface area contributed by atoms with Crippen LogP contribution >= 0.6 is 7.71 Å². The zero-order chi connectivity index (χ0) is 15.2. The smallest absolute Gasteiger partial charge is 0.151 e. The first-order valence-electron chi connectivity index (χ1n) is 6.74. The van der Waals surface area contributed by atoms with Gasteiger partial charge in [-0.05, 0) is 11.6 Å². The van der Waals surface area contributed by atoms with Crippen molar-refractivity contribution >= 4 is 13.8 Å². The first kappa shape index (κ1) is 17.1. The van der Waals surface area contributed by atoms with Crippen LogP contribution in [-0.2, 0) is 0 Å². The fourth-order valence-electron chi connectivity index (χ4n) is 2.37. The molecule has 0 aliphatic rings. The van der Waals surface area contributed by atoms with E-state index in [9.17, 15) is 0 Å². The van der Waals surface area contributed by atoms with Gasteiger partial charge in [0.05, 0.1) is 0 Å². The lowest BCUT2D eigenvalue weighted by Crippen LogP contribution is -2.34. The summed E-state index contributed by atoms with van der Waals surface area (Å²) in [5.74, 6) is 2.31. The Balaban J connectivity index is 2.91. The number of hydrogen-bond donors (Lipinski definition) is 0. The molecule has 0 bridgehead atoms. The molecule has 0 heterocycles. The highest BCUT2D eigenvalue weighted by Gasteiger charge is 2.44. The molecule has 1 aromatic rings. The highest BCUT2D eigenvalue weighted by atomic mass is 31.2. The van der Waals surface area contributed by atoms with Crippen LogP contribution in [0.2, 0.25) is 0 Å². The first-order chi connectivity index (χ1) is 9.41. The van der Waals surface area contributed by atoms with Crippen molar-refractivity contribution in [3.05, 3.63) is 53.9 Å². The van der Waals surface area contributed by atoms with Crippen molar-refractivity contribution in [2.45, 2.75) is 0 Å². The Morgan fingerprint density at radius 1 is 0.750 bits per heavy atom. The van der Waals surface area contributed by atoms with Gasteiger partial charge in [-0.2, -0.15) is 14.0 Å². The largest absolute Gasteiger partial charge is 0.253 e. The molecule has 110 valence electrons. The minimum atomic E-state index is -1.57. The second-order valence-electron chi connectivity index (χ2n) is 5.27. The van der Waals surface area contributed by atoms with E-state index in [-0.39, 0.29) is 0 Å². The molecule has 0 amide bonds. The summed E-state index contributed by atoms with van der Waals surface area (Å²) in [5, 5.41) is 0. The molecule has 3 nitrogen and oxygen atoms in total. The van der Waals surface area contributed by atoms with Crippen molar-refractivity contribution < 1.29 is 0 Å². The summed E-state index contributed by atoms with van der Waals surface area (Å²) >= 11 is 0. The summed E-state index contributed by atoms with van der Waals surface area (Å²) in [7, 11) is 11.3. The van der Waals surface area contributed by atoms with Crippen molar-refractivity contribution in [2.75, 3.05) is 42.3 Å². The summed E-state index contributed by atoms with van der Waals surface area (Å²) < 4.78 is 6.92. The van der Waals surface area contributed by atoms with Gasteiger partial charge in [0.1, 0.15) is 5.82 Å². The molecule has 0 saturated carbocycles. The Bertz CT molecular complexity index is 428. The molecule has 20 heavy (non-hydrogen) atoms. The maximum absolute atomic E-state index is 2.31. The van der Waals surface area contributed by atoms with E-state index in [1.54, 1.807) is 0 Å². The summed E-state index contributed by atoms with van der Waals surface area (Å²) in [5.41, 5.74) is 1.22. The third kappa shape index (κ3) is 4.00. The van der Waals surface area contributed by atoms with Crippen LogP contribution in [0.4, 0.5) is 0 Å². The van der Waals surface area contributed by atoms with Gasteiger partial charge in [-0.25, -0.2) is 0 Å². The SMILES string of the molecule is CN(C)[P+](/C=C/C=C/c1ccccc1)(N(C)C)N(C)C. The van der Waals surface area contributed by atoms with Gasteiger partial charge < -0.3 is 0 Å². The maximum Gasteiger partial charge on any atom is 0.253 e. The van der Waals surface area contributed by atoms with Crippen LogP contribution in [0.15, 0.2) is 48.3 Å². The fourth-order valence-corrected chi connectivity index (χ4v) is 5.65. The average molecular weight is 292 g/mol. The Hall–Kier alpha value is -0.990. The number of allylic oxidation sites excluding steroid dienone is 2. The van der Waals surface area contributed by atoms with Crippen molar-refractivity contribution in [1.29, 1.82) is 0 Å². The standard InChI is InChI=1S/C16H27N3P/c1-17(2)20(18(3)4,19(5)6)15-11-10-14-16-12-8-7-9-13-16/h7-15H,1-6H3/q+1/b14-10+,15-11+. The lowest BCUT2D eigenvalue weighted by atomic mass is 10.2. The Morgan fingerprint density at radius 3 is 1.70 bits per heavy atom. The third-order valence-electron chi connectivity index (χ3n) is 3.25. The van der Waals surface area contributed by atoms with Gasteiger partial charge in [0.25, 0.3) is 7.71 Å². The molecule has 1 rings (SSSR count). The van der Waals surface area contributed by atoms with E-state index in [1.807, 2.05) is 6.07 Å². The van der Waals surface area contributed by atoms with E-state index in [0.29, 0.717) is 0 Å². The van der Waals surface area contributed by atoms with Crippen molar-refractivity contribution in [3.8, 4) is 0 Å². The van der Waals surface area contributed by atoms with Gasteiger partial charge in [-0.3, -0.25) is 0 Å².